The summed E-state index contributed by atoms with van der Waals surface area (Å²) in [5, 5.41) is 0. The van der Waals surface area contributed by atoms with Crippen LogP contribution in [0.4, 0.5) is 0 Å². The summed E-state index contributed by atoms with van der Waals surface area (Å²) in [6, 6.07) is 5.88. The van der Waals surface area contributed by atoms with Crippen LogP contribution in [0.15, 0.2) is 45.7 Å². The number of furan rings is 1. The number of pyridine rings is 1. The SMILES string of the molecule is O=C(c1cncc(Br)c1)N(Cc1ccco1)C1CCCC1. The van der Waals surface area contributed by atoms with E-state index >= 15 is 0 Å². The van der Waals surface area contributed by atoms with Crippen LogP contribution in [0, 0.1) is 0 Å². The minimum absolute atomic E-state index is 0.0205. The van der Waals surface area contributed by atoms with Crippen LogP contribution in [0.1, 0.15) is 41.8 Å². The predicted molar refractivity (Wildman–Crippen MR) is 82.8 cm³/mol. The second-order valence-electron chi connectivity index (χ2n) is 5.34. The number of rotatable bonds is 4. The summed E-state index contributed by atoms with van der Waals surface area (Å²) in [5.41, 5.74) is 0.614. The van der Waals surface area contributed by atoms with Crippen molar-refractivity contribution in [1.82, 2.24) is 9.88 Å². The molecule has 0 atom stereocenters. The molecule has 1 fully saturated rings. The molecule has 1 saturated carbocycles. The summed E-state index contributed by atoms with van der Waals surface area (Å²) in [5.74, 6) is 0.838. The molecule has 3 rings (SSSR count). The van der Waals surface area contributed by atoms with E-state index in [-0.39, 0.29) is 5.91 Å². The second-order valence-corrected chi connectivity index (χ2v) is 6.26. The topological polar surface area (TPSA) is 46.3 Å². The molecule has 2 aromatic rings. The normalized spacial score (nSPS) is 15.3. The highest BCUT2D eigenvalue weighted by molar-refractivity contribution is 9.10. The number of carbonyl (C=O) groups is 1. The summed E-state index contributed by atoms with van der Waals surface area (Å²) < 4.78 is 6.23. The van der Waals surface area contributed by atoms with Gasteiger partial charge in [-0.05, 0) is 47.0 Å². The van der Waals surface area contributed by atoms with Gasteiger partial charge in [-0.15, -0.1) is 0 Å². The zero-order valence-corrected chi connectivity index (χ0v) is 13.3. The van der Waals surface area contributed by atoms with Crippen molar-refractivity contribution >= 4 is 21.8 Å². The van der Waals surface area contributed by atoms with E-state index in [9.17, 15) is 4.79 Å². The molecular weight excluding hydrogens is 332 g/mol. The monoisotopic (exact) mass is 348 g/mol. The number of halogens is 1. The van der Waals surface area contributed by atoms with Crippen molar-refractivity contribution in [3.63, 3.8) is 0 Å². The maximum absolute atomic E-state index is 12.8. The summed E-state index contributed by atoms with van der Waals surface area (Å²) in [4.78, 5) is 18.9. The summed E-state index contributed by atoms with van der Waals surface area (Å²) in [6.45, 7) is 0.517. The van der Waals surface area contributed by atoms with Crippen molar-refractivity contribution in [3.8, 4) is 0 Å². The minimum atomic E-state index is 0.0205. The highest BCUT2D eigenvalue weighted by Gasteiger charge is 2.28. The van der Waals surface area contributed by atoms with E-state index in [1.54, 1.807) is 18.7 Å². The van der Waals surface area contributed by atoms with E-state index in [2.05, 4.69) is 20.9 Å². The summed E-state index contributed by atoms with van der Waals surface area (Å²) in [6.07, 6.45) is 9.45. The average molecular weight is 349 g/mol. The lowest BCUT2D eigenvalue weighted by atomic mass is 10.1. The molecule has 110 valence electrons. The molecule has 0 unspecified atom stereocenters. The fraction of sp³-hybridized carbons (Fsp3) is 0.375. The smallest absolute Gasteiger partial charge is 0.256 e. The van der Waals surface area contributed by atoms with Crippen molar-refractivity contribution in [3.05, 3.63) is 52.7 Å². The van der Waals surface area contributed by atoms with Crippen LogP contribution in [-0.2, 0) is 6.54 Å². The molecule has 2 aromatic heterocycles. The molecule has 21 heavy (non-hydrogen) atoms. The lowest BCUT2D eigenvalue weighted by Crippen LogP contribution is -2.38. The molecule has 0 bridgehead atoms. The highest BCUT2D eigenvalue weighted by Crippen LogP contribution is 2.27. The Morgan fingerprint density at radius 1 is 1.38 bits per heavy atom. The summed E-state index contributed by atoms with van der Waals surface area (Å²) in [7, 11) is 0. The molecule has 2 heterocycles. The Balaban J connectivity index is 1.85. The van der Waals surface area contributed by atoms with Crippen molar-refractivity contribution in [2.24, 2.45) is 0 Å². The molecule has 0 saturated heterocycles. The van der Waals surface area contributed by atoms with Crippen LogP contribution in [0.3, 0.4) is 0 Å². The largest absolute Gasteiger partial charge is 0.467 e. The summed E-state index contributed by atoms with van der Waals surface area (Å²) >= 11 is 3.37. The van der Waals surface area contributed by atoms with E-state index < -0.39 is 0 Å². The Morgan fingerprint density at radius 3 is 2.86 bits per heavy atom. The molecule has 0 aliphatic heterocycles. The van der Waals surface area contributed by atoms with E-state index in [1.165, 1.54) is 12.8 Å². The molecule has 1 amide bonds. The number of amides is 1. The Labute approximate surface area is 132 Å². The van der Waals surface area contributed by atoms with Crippen molar-refractivity contribution in [1.29, 1.82) is 0 Å². The van der Waals surface area contributed by atoms with Gasteiger partial charge in [0, 0.05) is 22.9 Å². The maximum atomic E-state index is 12.8. The Morgan fingerprint density at radius 2 is 2.19 bits per heavy atom. The number of aromatic nitrogens is 1. The Bertz CT molecular complexity index is 606. The van der Waals surface area contributed by atoms with E-state index in [0.29, 0.717) is 18.2 Å². The van der Waals surface area contributed by atoms with Gasteiger partial charge >= 0.3 is 0 Å². The van der Waals surface area contributed by atoms with Gasteiger partial charge in [-0.1, -0.05) is 12.8 Å². The standard InChI is InChI=1S/C16H17BrN2O2/c17-13-8-12(9-18-10-13)16(20)19(14-4-1-2-5-14)11-15-6-3-7-21-15/h3,6-10,14H,1-2,4-5,11H2. The molecule has 4 nitrogen and oxygen atoms in total. The molecule has 0 aromatic carbocycles. The van der Waals surface area contributed by atoms with Crippen LogP contribution in [0.25, 0.3) is 0 Å². The van der Waals surface area contributed by atoms with Gasteiger partial charge in [0.1, 0.15) is 5.76 Å². The molecule has 1 aliphatic rings. The van der Waals surface area contributed by atoms with Crippen molar-refractivity contribution in [2.75, 3.05) is 0 Å². The number of hydrogen-bond donors (Lipinski definition) is 0. The maximum Gasteiger partial charge on any atom is 0.256 e. The first-order chi connectivity index (χ1) is 10.2. The van der Waals surface area contributed by atoms with E-state index in [0.717, 1.165) is 23.1 Å². The molecule has 0 radical (unpaired) electrons. The molecule has 0 N–H and O–H groups in total. The van der Waals surface area contributed by atoms with Gasteiger partial charge in [0.2, 0.25) is 0 Å². The first-order valence-electron chi connectivity index (χ1n) is 7.18. The third-order valence-corrected chi connectivity index (χ3v) is 4.32. The fourth-order valence-electron chi connectivity index (χ4n) is 2.85. The van der Waals surface area contributed by atoms with Gasteiger partial charge in [0.15, 0.2) is 0 Å². The van der Waals surface area contributed by atoms with Gasteiger partial charge in [-0.2, -0.15) is 0 Å². The van der Waals surface area contributed by atoms with Crippen molar-refractivity contribution in [2.45, 2.75) is 38.3 Å². The van der Waals surface area contributed by atoms with Crippen LogP contribution in [0.2, 0.25) is 0 Å². The van der Waals surface area contributed by atoms with Crippen LogP contribution in [-0.4, -0.2) is 21.8 Å². The third-order valence-electron chi connectivity index (χ3n) is 3.88. The lowest BCUT2D eigenvalue weighted by molar-refractivity contribution is 0.0648. The second kappa shape index (κ2) is 6.43. The Hall–Kier alpha value is -1.62. The molecule has 1 aliphatic carbocycles. The highest BCUT2D eigenvalue weighted by atomic mass is 79.9. The van der Waals surface area contributed by atoms with Crippen LogP contribution in [0.5, 0.6) is 0 Å². The van der Waals surface area contributed by atoms with Gasteiger partial charge < -0.3 is 9.32 Å². The molecule has 5 heteroatoms. The predicted octanol–water partition coefficient (Wildman–Crippen LogP) is 4.02. The minimum Gasteiger partial charge on any atom is -0.467 e. The fourth-order valence-corrected chi connectivity index (χ4v) is 3.21. The van der Waals surface area contributed by atoms with Crippen LogP contribution < -0.4 is 0 Å². The van der Waals surface area contributed by atoms with E-state index in [4.69, 9.17) is 4.42 Å². The van der Waals surface area contributed by atoms with E-state index in [1.807, 2.05) is 23.1 Å². The third kappa shape index (κ3) is 3.35. The quantitative estimate of drug-likeness (QED) is 0.838. The molecule has 0 spiro atoms. The van der Waals surface area contributed by atoms with Crippen LogP contribution >= 0.6 is 15.9 Å². The van der Waals surface area contributed by atoms with Gasteiger partial charge in [0.05, 0.1) is 18.4 Å². The van der Waals surface area contributed by atoms with Gasteiger partial charge in [-0.25, -0.2) is 0 Å². The first-order valence-corrected chi connectivity index (χ1v) is 7.97. The van der Waals surface area contributed by atoms with Crippen molar-refractivity contribution < 1.29 is 9.21 Å². The average Bonchev–Trinajstić information content (AvgIpc) is 3.17. The zero-order valence-electron chi connectivity index (χ0n) is 11.7. The number of nitrogens with zero attached hydrogens (tertiary/aromatic N) is 2. The first kappa shape index (κ1) is 14.3. The number of carbonyl (C=O) groups excluding carboxylic acids is 1. The van der Waals surface area contributed by atoms with Gasteiger partial charge in [-0.3, -0.25) is 9.78 Å². The Kier molecular flexibility index (Phi) is 4.39. The zero-order chi connectivity index (χ0) is 14.7. The number of hydrogen-bond acceptors (Lipinski definition) is 3. The van der Waals surface area contributed by atoms with Gasteiger partial charge in [0.25, 0.3) is 5.91 Å². The molecular formula is C16H17BrN2O2. The lowest BCUT2D eigenvalue weighted by Gasteiger charge is -2.28.